The van der Waals surface area contributed by atoms with Gasteiger partial charge in [-0.3, -0.25) is 4.90 Å². The summed E-state index contributed by atoms with van der Waals surface area (Å²) < 4.78 is 11.1. The van der Waals surface area contributed by atoms with Gasteiger partial charge in [0.05, 0.1) is 13.2 Å². The molecule has 0 aliphatic rings. The van der Waals surface area contributed by atoms with Crippen LogP contribution in [0.3, 0.4) is 0 Å². The Morgan fingerprint density at radius 2 is 2.00 bits per heavy atom. The van der Waals surface area contributed by atoms with Crippen molar-refractivity contribution in [2.45, 2.75) is 39.5 Å². The SMILES string of the molecule is CCN(C/C=C/C#CC(C)(C)OC)Cc1cccc(COC/C=C/c2ccsc2)c1. The Morgan fingerprint density at radius 1 is 1.17 bits per heavy atom. The Hall–Kier alpha value is -2.16. The second kappa shape index (κ2) is 13.2. The fourth-order valence-electron chi connectivity index (χ4n) is 2.71. The summed E-state index contributed by atoms with van der Waals surface area (Å²) >= 11 is 1.71. The van der Waals surface area contributed by atoms with E-state index >= 15 is 0 Å². The van der Waals surface area contributed by atoms with Crippen molar-refractivity contribution in [1.29, 1.82) is 0 Å². The number of methoxy groups -OCH3 is 1. The van der Waals surface area contributed by atoms with Gasteiger partial charge in [0.25, 0.3) is 0 Å². The van der Waals surface area contributed by atoms with Crippen molar-refractivity contribution in [3.63, 3.8) is 0 Å². The van der Waals surface area contributed by atoms with Gasteiger partial charge >= 0.3 is 0 Å². The topological polar surface area (TPSA) is 21.7 Å². The van der Waals surface area contributed by atoms with E-state index in [2.05, 4.69) is 83.0 Å². The van der Waals surface area contributed by atoms with Crippen LogP contribution in [0.4, 0.5) is 0 Å². The first-order valence-electron chi connectivity index (χ1n) is 10.3. The predicted octanol–water partition coefficient (Wildman–Crippen LogP) is 5.78. The highest BCUT2D eigenvalue weighted by Crippen LogP contribution is 2.11. The average Bonchev–Trinajstić information content (AvgIpc) is 3.26. The molecule has 3 nitrogen and oxygen atoms in total. The predicted molar refractivity (Wildman–Crippen MR) is 128 cm³/mol. The van der Waals surface area contributed by atoms with Crippen molar-refractivity contribution in [2.75, 3.05) is 26.8 Å². The number of allylic oxidation sites excluding steroid dienone is 1. The first kappa shape index (κ1) is 24.1. The van der Waals surface area contributed by atoms with Crippen molar-refractivity contribution >= 4 is 17.4 Å². The van der Waals surface area contributed by atoms with Crippen LogP contribution in [0.15, 0.2) is 59.3 Å². The Morgan fingerprint density at radius 3 is 2.73 bits per heavy atom. The van der Waals surface area contributed by atoms with Crippen LogP contribution >= 0.6 is 11.3 Å². The number of thiophene rings is 1. The molecule has 0 saturated carbocycles. The summed E-state index contributed by atoms with van der Waals surface area (Å²) in [7, 11) is 1.68. The van der Waals surface area contributed by atoms with E-state index in [0.717, 1.165) is 19.6 Å². The molecule has 0 spiro atoms. The Balaban J connectivity index is 1.79. The average molecular weight is 424 g/mol. The maximum atomic E-state index is 5.80. The lowest BCUT2D eigenvalue weighted by molar-refractivity contribution is 0.0742. The summed E-state index contributed by atoms with van der Waals surface area (Å²) in [6.07, 6.45) is 8.18. The molecule has 0 saturated heterocycles. The molecule has 0 amide bonds. The standard InChI is InChI=1S/C26H33NO2S/c1-5-27(16-8-6-7-15-26(2,3)28-4)20-24-11-9-12-25(19-24)21-29-17-10-13-23-14-18-30-22-23/h6,8-14,18-19,22H,5,16-17,20-21H2,1-4H3/b8-6+,13-10+. The highest BCUT2D eigenvalue weighted by Gasteiger charge is 2.10. The quantitative estimate of drug-likeness (QED) is 0.337. The summed E-state index contributed by atoms with van der Waals surface area (Å²) in [5.41, 5.74) is 3.33. The zero-order valence-electron chi connectivity index (χ0n) is 18.6. The summed E-state index contributed by atoms with van der Waals surface area (Å²) in [4.78, 5) is 2.38. The molecule has 1 aromatic carbocycles. The minimum atomic E-state index is -0.406. The molecular formula is C26H33NO2S. The molecule has 1 aromatic heterocycles. The zero-order valence-corrected chi connectivity index (χ0v) is 19.4. The van der Waals surface area contributed by atoms with Gasteiger partial charge < -0.3 is 9.47 Å². The van der Waals surface area contributed by atoms with Crippen LogP contribution in [-0.4, -0.2) is 37.3 Å². The van der Waals surface area contributed by atoms with E-state index in [0.29, 0.717) is 13.2 Å². The van der Waals surface area contributed by atoms with Gasteiger partial charge in [0, 0.05) is 20.2 Å². The van der Waals surface area contributed by atoms with Gasteiger partial charge in [0.15, 0.2) is 0 Å². The second-order valence-electron chi connectivity index (χ2n) is 7.51. The monoisotopic (exact) mass is 423 g/mol. The van der Waals surface area contributed by atoms with E-state index in [4.69, 9.17) is 9.47 Å². The van der Waals surface area contributed by atoms with Crippen LogP contribution in [0.25, 0.3) is 6.08 Å². The van der Waals surface area contributed by atoms with Gasteiger partial charge in [-0.2, -0.15) is 11.3 Å². The summed E-state index contributed by atoms with van der Waals surface area (Å²) in [6, 6.07) is 10.7. The minimum absolute atomic E-state index is 0.406. The maximum Gasteiger partial charge on any atom is 0.123 e. The van der Waals surface area contributed by atoms with E-state index in [-0.39, 0.29) is 0 Å². The van der Waals surface area contributed by atoms with E-state index in [1.54, 1.807) is 18.4 Å². The lowest BCUT2D eigenvalue weighted by atomic mass is 10.1. The molecule has 2 aromatic rings. The number of likely N-dealkylation sites (N-methyl/N-ethyl adjacent to an activating group) is 1. The van der Waals surface area contributed by atoms with E-state index in [1.807, 2.05) is 19.9 Å². The minimum Gasteiger partial charge on any atom is -0.373 e. The van der Waals surface area contributed by atoms with E-state index < -0.39 is 5.60 Å². The fraction of sp³-hybridized carbons (Fsp3) is 0.385. The number of nitrogens with zero attached hydrogens (tertiary/aromatic N) is 1. The van der Waals surface area contributed by atoms with Crippen LogP contribution in [0.2, 0.25) is 0 Å². The third-order valence-corrected chi connectivity index (χ3v) is 5.33. The van der Waals surface area contributed by atoms with E-state index in [9.17, 15) is 0 Å². The molecule has 0 bridgehead atoms. The maximum absolute atomic E-state index is 5.80. The van der Waals surface area contributed by atoms with Crippen LogP contribution in [0.5, 0.6) is 0 Å². The smallest absolute Gasteiger partial charge is 0.123 e. The normalized spacial score (nSPS) is 12.0. The molecule has 1 heterocycles. The van der Waals surface area contributed by atoms with Crippen LogP contribution in [0, 0.1) is 11.8 Å². The molecule has 2 rings (SSSR count). The molecule has 0 aliphatic carbocycles. The van der Waals surface area contributed by atoms with Crippen LogP contribution in [-0.2, 0) is 22.6 Å². The highest BCUT2D eigenvalue weighted by molar-refractivity contribution is 7.08. The van der Waals surface area contributed by atoms with Gasteiger partial charge in [-0.05, 0) is 60.0 Å². The molecular weight excluding hydrogens is 390 g/mol. The lowest BCUT2D eigenvalue weighted by Crippen LogP contribution is -2.22. The van der Waals surface area contributed by atoms with Crippen molar-refractivity contribution in [3.05, 3.63) is 76.0 Å². The van der Waals surface area contributed by atoms with Gasteiger partial charge in [-0.1, -0.05) is 61.3 Å². The third kappa shape index (κ3) is 9.56. The lowest BCUT2D eigenvalue weighted by Gasteiger charge is -2.19. The Bertz CT molecular complexity index is 857. The molecule has 0 atom stereocenters. The number of rotatable bonds is 11. The zero-order chi connectivity index (χ0) is 21.7. The van der Waals surface area contributed by atoms with Gasteiger partial charge in [-0.15, -0.1) is 0 Å². The fourth-order valence-corrected chi connectivity index (χ4v) is 3.34. The van der Waals surface area contributed by atoms with Crippen molar-refractivity contribution in [2.24, 2.45) is 0 Å². The molecule has 0 radical (unpaired) electrons. The Kier molecular flexibility index (Phi) is 10.6. The molecule has 0 unspecified atom stereocenters. The first-order valence-corrected chi connectivity index (χ1v) is 11.3. The second-order valence-corrected chi connectivity index (χ2v) is 8.29. The molecule has 0 aliphatic heterocycles. The number of hydrogen-bond acceptors (Lipinski definition) is 4. The Labute approximate surface area is 186 Å². The number of ether oxygens (including phenoxy) is 2. The summed E-state index contributed by atoms with van der Waals surface area (Å²) in [6.45, 7) is 10.1. The van der Waals surface area contributed by atoms with Crippen molar-refractivity contribution < 1.29 is 9.47 Å². The molecule has 0 fully saturated rings. The van der Waals surface area contributed by atoms with Gasteiger partial charge in [0.1, 0.15) is 5.60 Å². The van der Waals surface area contributed by atoms with Gasteiger partial charge in [0.2, 0.25) is 0 Å². The first-order chi connectivity index (χ1) is 14.5. The largest absolute Gasteiger partial charge is 0.373 e. The van der Waals surface area contributed by atoms with Crippen molar-refractivity contribution in [3.8, 4) is 11.8 Å². The number of benzene rings is 1. The van der Waals surface area contributed by atoms with Crippen molar-refractivity contribution in [1.82, 2.24) is 4.90 Å². The number of hydrogen-bond donors (Lipinski definition) is 0. The van der Waals surface area contributed by atoms with E-state index in [1.165, 1.54) is 16.7 Å². The van der Waals surface area contributed by atoms with Crippen LogP contribution in [0.1, 0.15) is 37.5 Å². The summed E-state index contributed by atoms with van der Waals surface area (Å²) in [5.74, 6) is 6.17. The summed E-state index contributed by atoms with van der Waals surface area (Å²) in [5, 5.41) is 4.21. The third-order valence-electron chi connectivity index (χ3n) is 4.63. The highest BCUT2D eigenvalue weighted by atomic mass is 32.1. The molecule has 4 heteroatoms. The molecule has 30 heavy (non-hydrogen) atoms. The van der Waals surface area contributed by atoms with Crippen LogP contribution < -0.4 is 0 Å². The molecule has 160 valence electrons. The molecule has 0 N–H and O–H groups in total. The van der Waals surface area contributed by atoms with Gasteiger partial charge in [-0.25, -0.2) is 0 Å².